The van der Waals surface area contributed by atoms with Gasteiger partial charge in [0.25, 0.3) is 0 Å². The number of carbonyl (C=O) groups is 1. The standard InChI is InChI=1S/C13H23N3O3/c1-4-7(2)19-11-6-9(12(17)18)5-10(8(11)3)16-13(14)15/h6-8,10-11H,4-5H2,1-3H3,(H,17,18)(H4,14,15,16)/t7-,8-,10+,11-/m1/s1. The highest BCUT2D eigenvalue weighted by Gasteiger charge is 2.33. The molecule has 108 valence electrons. The van der Waals surface area contributed by atoms with Crippen molar-refractivity contribution in [3.05, 3.63) is 11.6 Å². The van der Waals surface area contributed by atoms with Crippen LogP contribution in [0.25, 0.3) is 0 Å². The third-order valence-electron chi connectivity index (χ3n) is 3.47. The minimum absolute atomic E-state index is 0.0224. The Morgan fingerprint density at radius 2 is 2.26 bits per heavy atom. The molecule has 5 N–H and O–H groups in total. The SMILES string of the molecule is CC[C@@H](C)O[C@@H]1C=C(C(=O)O)C[C@H](N=C(N)N)[C@H]1C. The number of ether oxygens (including phenoxy) is 1. The molecule has 1 aliphatic carbocycles. The molecule has 1 aliphatic rings. The Labute approximate surface area is 113 Å². The zero-order valence-corrected chi connectivity index (χ0v) is 11.7. The molecule has 6 heteroatoms. The predicted octanol–water partition coefficient (Wildman–Crippen LogP) is 0.863. The van der Waals surface area contributed by atoms with Crippen LogP contribution in [0.5, 0.6) is 0 Å². The van der Waals surface area contributed by atoms with Gasteiger partial charge < -0.3 is 21.3 Å². The van der Waals surface area contributed by atoms with E-state index >= 15 is 0 Å². The number of aliphatic carboxylic acids is 1. The summed E-state index contributed by atoms with van der Waals surface area (Å²) in [5, 5.41) is 9.15. The largest absolute Gasteiger partial charge is 0.478 e. The molecule has 0 bridgehead atoms. The molecule has 19 heavy (non-hydrogen) atoms. The maximum absolute atomic E-state index is 11.2. The highest BCUT2D eigenvalue weighted by atomic mass is 16.5. The summed E-state index contributed by atoms with van der Waals surface area (Å²) in [7, 11) is 0. The molecule has 0 radical (unpaired) electrons. The maximum Gasteiger partial charge on any atom is 0.331 e. The number of guanidine groups is 1. The Morgan fingerprint density at radius 3 is 2.74 bits per heavy atom. The van der Waals surface area contributed by atoms with Gasteiger partial charge in [-0.05, 0) is 19.4 Å². The molecule has 0 saturated heterocycles. The Kier molecular flexibility index (Phi) is 5.35. The van der Waals surface area contributed by atoms with E-state index in [2.05, 4.69) is 4.99 Å². The molecule has 0 unspecified atom stereocenters. The van der Waals surface area contributed by atoms with Gasteiger partial charge in [-0.25, -0.2) is 9.79 Å². The average molecular weight is 269 g/mol. The second-order valence-electron chi connectivity index (χ2n) is 5.00. The van der Waals surface area contributed by atoms with Gasteiger partial charge in [-0.15, -0.1) is 0 Å². The van der Waals surface area contributed by atoms with Crippen molar-refractivity contribution in [3.63, 3.8) is 0 Å². The van der Waals surface area contributed by atoms with Crippen molar-refractivity contribution in [2.75, 3.05) is 0 Å². The van der Waals surface area contributed by atoms with Crippen LogP contribution in [0.2, 0.25) is 0 Å². The van der Waals surface area contributed by atoms with Crippen molar-refractivity contribution in [2.24, 2.45) is 22.4 Å². The molecule has 0 heterocycles. The maximum atomic E-state index is 11.2. The first-order valence-corrected chi connectivity index (χ1v) is 6.53. The van der Waals surface area contributed by atoms with Crippen LogP contribution in [-0.4, -0.2) is 35.3 Å². The van der Waals surface area contributed by atoms with Gasteiger partial charge in [-0.3, -0.25) is 0 Å². The minimum Gasteiger partial charge on any atom is -0.478 e. The van der Waals surface area contributed by atoms with Crippen molar-refractivity contribution in [2.45, 2.75) is 51.9 Å². The van der Waals surface area contributed by atoms with E-state index in [0.717, 1.165) is 6.42 Å². The van der Waals surface area contributed by atoms with Crippen LogP contribution < -0.4 is 11.5 Å². The van der Waals surface area contributed by atoms with Gasteiger partial charge in [0.05, 0.1) is 18.2 Å². The summed E-state index contributed by atoms with van der Waals surface area (Å²) in [6.07, 6.45) is 2.67. The highest BCUT2D eigenvalue weighted by molar-refractivity contribution is 5.87. The Bertz CT molecular complexity index is 389. The first kappa shape index (κ1) is 15.5. The van der Waals surface area contributed by atoms with Crippen LogP contribution in [0.1, 0.15) is 33.6 Å². The fraction of sp³-hybridized carbons (Fsp3) is 0.692. The molecular formula is C13H23N3O3. The Morgan fingerprint density at radius 1 is 1.63 bits per heavy atom. The van der Waals surface area contributed by atoms with Crippen LogP contribution in [0.4, 0.5) is 0 Å². The summed E-state index contributed by atoms with van der Waals surface area (Å²) >= 11 is 0. The quantitative estimate of drug-likeness (QED) is 0.506. The fourth-order valence-corrected chi connectivity index (χ4v) is 2.09. The van der Waals surface area contributed by atoms with E-state index in [1.165, 1.54) is 0 Å². The van der Waals surface area contributed by atoms with Crippen LogP contribution in [0, 0.1) is 5.92 Å². The molecule has 4 atom stereocenters. The van der Waals surface area contributed by atoms with Gasteiger partial charge in [0.15, 0.2) is 5.96 Å². The van der Waals surface area contributed by atoms with Gasteiger partial charge in [-0.1, -0.05) is 13.8 Å². The lowest BCUT2D eigenvalue weighted by molar-refractivity contribution is -0.133. The Hall–Kier alpha value is -1.56. The molecule has 0 fully saturated rings. The van der Waals surface area contributed by atoms with E-state index in [1.54, 1.807) is 6.08 Å². The van der Waals surface area contributed by atoms with Gasteiger partial charge >= 0.3 is 5.97 Å². The normalized spacial score (nSPS) is 28.4. The van der Waals surface area contributed by atoms with Crippen molar-refractivity contribution < 1.29 is 14.6 Å². The molecule has 0 aliphatic heterocycles. The lowest BCUT2D eigenvalue weighted by atomic mass is 9.84. The topological polar surface area (TPSA) is 111 Å². The zero-order chi connectivity index (χ0) is 14.6. The minimum atomic E-state index is -0.944. The number of hydrogen-bond acceptors (Lipinski definition) is 3. The summed E-state index contributed by atoms with van der Waals surface area (Å²) < 4.78 is 5.85. The van der Waals surface area contributed by atoms with Crippen LogP contribution >= 0.6 is 0 Å². The zero-order valence-electron chi connectivity index (χ0n) is 11.7. The number of carboxylic acids is 1. The highest BCUT2D eigenvalue weighted by Crippen LogP contribution is 2.29. The number of rotatable bonds is 5. The number of hydrogen-bond donors (Lipinski definition) is 3. The van der Waals surface area contributed by atoms with E-state index in [4.69, 9.17) is 21.3 Å². The Balaban J connectivity index is 2.96. The van der Waals surface area contributed by atoms with E-state index in [-0.39, 0.29) is 30.1 Å². The second-order valence-corrected chi connectivity index (χ2v) is 5.00. The predicted molar refractivity (Wildman–Crippen MR) is 73.7 cm³/mol. The average Bonchev–Trinajstić information content (AvgIpc) is 2.32. The molecule has 6 nitrogen and oxygen atoms in total. The molecule has 0 aromatic rings. The summed E-state index contributed by atoms with van der Waals surface area (Å²) in [5.41, 5.74) is 11.1. The van der Waals surface area contributed by atoms with Gasteiger partial charge in [-0.2, -0.15) is 0 Å². The number of nitrogens with zero attached hydrogens (tertiary/aromatic N) is 1. The van der Waals surface area contributed by atoms with Gasteiger partial charge in [0.2, 0.25) is 0 Å². The molecular weight excluding hydrogens is 246 g/mol. The molecule has 0 amide bonds. The van der Waals surface area contributed by atoms with Gasteiger partial charge in [0.1, 0.15) is 0 Å². The molecule has 0 saturated carbocycles. The first-order valence-electron chi connectivity index (χ1n) is 6.53. The van der Waals surface area contributed by atoms with Crippen LogP contribution in [0.3, 0.4) is 0 Å². The number of carboxylic acid groups (broad SMARTS) is 1. The van der Waals surface area contributed by atoms with Gasteiger partial charge in [0, 0.05) is 17.9 Å². The second kappa shape index (κ2) is 6.56. The summed E-state index contributed by atoms with van der Waals surface area (Å²) in [5.74, 6) is -0.926. The molecule has 0 spiro atoms. The first-order chi connectivity index (χ1) is 8.85. The van der Waals surface area contributed by atoms with Crippen molar-refractivity contribution >= 4 is 11.9 Å². The third kappa shape index (κ3) is 4.24. The third-order valence-corrected chi connectivity index (χ3v) is 3.47. The van der Waals surface area contributed by atoms with E-state index in [1.807, 2.05) is 20.8 Å². The number of nitrogens with two attached hydrogens (primary N) is 2. The summed E-state index contributed by atoms with van der Waals surface area (Å²) in [6.45, 7) is 5.96. The summed E-state index contributed by atoms with van der Waals surface area (Å²) in [4.78, 5) is 15.3. The number of aliphatic imine (C=N–C) groups is 1. The monoisotopic (exact) mass is 269 g/mol. The van der Waals surface area contributed by atoms with Crippen molar-refractivity contribution in [1.82, 2.24) is 0 Å². The van der Waals surface area contributed by atoms with Crippen molar-refractivity contribution in [1.29, 1.82) is 0 Å². The van der Waals surface area contributed by atoms with E-state index in [9.17, 15) is 4.79 Å². The molecule has 1 rings (SSSR count). The molecule has 0 aromatic carbocycles. The lowest BCUT2D eigenvalue weighted by Gasteiger charge is -2.33. The molecule has 0 aromatic heterocycles. The fourth-order valence-electron chi connectivity index (χ4n) is 2.09. The lowest BCUT2D eigenvalue weighted by Crippen LogP contribution is -2.38. The van der Waals surface area contributed by atoms with E-state index in [0.29, 0.717) is 12.0 Å². The smallest absolute Gasteiger partial charge is 0.331 e. The van der Waals surface area contributed by atoms with Crippen LogP contribution in [0.15, 0.2) is 16.6 Å². The summed E-state index contributed by atoms with van der Waals surface area (Å²) in [6, 6.07) is -0.254. The van der Waals surface area contributed by atoms with E-state index < -0.39 is 5.97 Å². The van der Waals surface area contributed by atoms with Crippen molar-refractivity contribution in [3.8, 4) is 0 Å². The van der Waals surface area contributed by atoms with Crippen LogP contribution in [-0.2, 0) is 9.53 Å².